The maximum absolute atomic E-state index is 5.88. The molecule has 0 aromatic carbocycles. The number of aromatic nitrogens is 2. The maximum Gasteiger partial charge on any atom is 0.136 e. The van der Waals surface area contributed by atoms with Crippen molar-refractivity contribution in [2.75, 3.05) is 29.7 Å². The Morgan fingerprint density at radius 1 is 1.50 bits per heavy atom. The molecule has 1 saturated carbocycles. The van der Waals surface area contributed by atoms with Crippen LogP contribution >= 0.6 is 11.8 Å². The third kappa shape index (κ3) is 3.28. The predicted octanol–water partition coefficient (Wildman–Crippen LogP) is 2.51. The lowest BCUT2D eigenvalue weighted by atomic mass is 10.2. The standard InChI is InChI=1S/C13H22N4S/c1-9(6-7-18-3)17(2)12-8-11(14)15-13(16-12)10-4-5-10/h8-10H,4-7H2,1-3H3,(H2,14,15,16). The fourth-order valence-corrected chi connectivity index (χ4v) is 2.46. The molecule has 5 heteroatoms. The van der Waals surface area contributed by atoms with Crippen molar-refractivity contribution in [1.29, 1.82) is 0 Å². The summed E-state index contributed by atoms with van der Waals surface area (Å²) in [6, 6.07) is 2.35. The molecular formula is C13H22N4S. The van der Waals surface area contributed by atoms with Gasteiger partial charge < -0.3 is 10.6 Å². The van der Waals surface area contributed by atoms with Crippen LogP contribution in [0.3, 0.4) is 0 Å². The van der Waals surface area contributed by atoms with Gasteiger partial charge in [0.1, 0.15) is 17.5 Å². The molecule has 1 unspecified atom stereocenters. The highest BCUT2D eigenvalue weighted by atomic mass is 32.2. The second kappa shape index (κ2) is 5.78. The molecule has 100 valence electrons. The highest BCUT2D eigenvalue weighted by molar-refractivity contribution is 7.98. The summed E-state index contributed by atoms with van der Waals surface area (Å²) in [6.07, 6.45) is 5.70. The normalized spacial score (nSPS) is 16.6. The van der Waals surface area contributed by atoms with Crippen LogP contribution in [-0.2, 0) is 0 Å². The number of rotatable bonds is 6. The lowest BCUT2D eigenvalue weighted by molar-refractivity contribution is 0.659. The van der Waals surface area contributed by atoms with E-state index in [-0.39, 0.29) is 0 Å². The van der Waals surface area contributed by atoms with Gasteiger partial charge in [0.05, 0.1) is 0 Å². The molecule has 0 aliphatic heterocycles. The van der Waals surface area contributed by atoms with E-state index in [1.807, 2.05) is 17.8 Å². The topological polar surface area (TPSA) is 55.0 Å². The molecule has 1 heterocycles. The van der Waals surface area contributed by atoms with Gasteiger partial charge in [-0.1, -0.05) is 0 Å². The number of nitrogens with zero attached hydrogens (tertiary/aromatic N) is 3. The maximum atomic E-state index is 5.88. The van der Waals surface area contributed by atoms with Crippen molar-refractivity contribution >= 4 is 23.4 Å². The molecular weight excluding hydrogens is 244 g/mol. The summed E-state index contributed by atoms with van der Waals surface area (Å²) in [6.45, 7) is 2.23. The van der Waals surface area contributed by atoms with Crippen LogP contribution in [0.25, 0.3) is 0 Å². The first kappa shape index (κ1) is 13.5. The second-order valence-corrected chi connectivity index (χ2v) is 6.01. The van der Waals surface area contributed by atoms with E-state index in [0.29, 0.717) is 17.8 Å². The smallest absolute Gasteiger partial charge is 0.136 e. The van der Waals surface area contributed by atoms with Crippen molar-refractivity contribution in [3.63, 3.8) is 0 Å². The fraction of sp³-hybridized carbons (Fsp3) is 0.692. The number of thioether (sulfide) groups is 1. The number of hydrogen-bond donors (Lipinski definition) is 1. The highest BCUT2D eigenvalue weighted by Crippen LogP contribution is 2.38. The van der Waals surface area contributed by atoms with Crippen LogP contribution in [0, 0.1) is 0 Å². The van der Waals surface area contributed by atoms with E-state index >= 15 is 0 Å². The summed E-state index contributed by atoms with van der Waals surface area (Å²) in [5, 5.41) is 0. The van der Waals surface area contributed by atoms with E-state index in [4.69, 9.17) is 5.73 Å². The van der Waals surface area contributed by atoms with Gasteiger partial charge in [0.15, 0.2) is 0 Å². The summed E-state index contributed by atoms with van der Waals surface area (Å²) < 4.78 is 0. The van der Waals surface area contributed by atoms with Gasteiger partial charge in [-0.05, 0) is 38.2 Å². The Balaban J connectivity index is 2.10. The van der Waals surface area contributed by atoms with Crippen molar-refractivity contribution in [1.82, 2.24) is 9.97 Å². The van der Waals surface area contributed by atoms with E-state index in [1.165, 1.54) is 18.6 Å². The average molecular weight is 266 g/mol. The van der Waals surface area contributed by atoms with Crippen LogP contribution in [0.4, 0.5) is 11.6 Å². The molecule has 1 aliphatic carbocycles. The van der Waals surface area contributed by atoms with Crippen molar-refractivity contribution in [2.24, 2.45) is 0 Å². The van der Waals surface area contributed by atoms with Crippen LogP contribution in [0.2, 0.25) is 0 Å². The third-order valence-corrected chi connectivity index (χ3v) is 4.10. The summed E-state index contributed by atoms with van der Waals surface area (Å²) in [7, 11) is 2.09. The molecule has 1 aliphatic rings. The Kier molecular flexibility index (Phi) is 4.32. The molecule has 2 rings (SSSR count). The van der Waals surface area contributed by atoms with Crippen LogP contribution in [-0.4, -0.2) is 35.1 Å². The van der Waals surface area contributed by atoms with Gasteiger partial charge in [-0.25, -0.2) is 9.97 Å². The average Bonchev–Trinajstić information content (AvgIpc) is 3.18. The zero-order valence-corrected chi connectivity index (χ0v) is 12.2. The van der Waals surface area contributed by atoms with Crippen molar-refractivity contribution < 1.29 is 0 Å². The molecule has 1 fully saturated rings. The summed E-state index contributed by atoms with van der Waals surface area (Å²) in [4.78, 5) is 11.2. The number of hydrogen-bond acceptors (Lipinski definition) is 5. The summed E-state index contributed by atoms with van der Waals surface area (Å²) in [5.74, 6) is 4.18. The second-order valence-electron chi connectivity index (χ2n) is 5.02. The van der Waals surface area contributed by atoms with Crippen LogP contribution < -0.4 is 10.6 Å². The minimum atomic E-state index is 0.471. The van der Waals surface area contributed by atoms with Gasteiger partial charge in [-0.2, -0.15) is 11.8 Å². The van der Waals surface area contributed by atoms with Gasteiger partial charge in [-0.3, -0.25) is 0 Å². The Hall–Kier alpha value is -0.970. The minimum Gasteiger partial charge on any atom is -0.384 e. The van der Waals surface area contributed by atoms with E-state index in [1.54, 1.807) is 0 Å². The quantitative estimate of drug-likeness (QED) is 0.857. The van der Waals surface area contributed by atoms with Crippen molar-refractivity contribution in [3.05, 3.63) is 11.9 Å². The van der Waals surface area contributed by atoms with E-state index in [0.717, 1.165) is 18.1 Å². The molecule has 1 aromatic rings. The molecule has 1 aromatic heterocycles. The number of nitrogen functional groups attached to an aromatic ring is 1. The summed E-state index contributed by atoms with van der Waals surface area (Å²) in [5.41, 5.74) is 5.88. The molecule has 0 saturated heterocycles. The lowest BCUT2D eigenvalue weighted by Gasteiger charge is -2.26. The van der Waals surface area contributed by atoms with Crippen molar-refractivity contribution in [2.45, 2.75) is 38.1 Å². The first-order valence-corrected chi connectivity index (χ1v) is 7.87. The van der Waals surface area contributed by atoms with Crippen LogP contribution in [0.15, 0.2) is 6.07 Å². The Morgan fingerprint density at radius 2 is 2.22 bits per heavy atom. The first-order valence-electron chi connectivity index (χ1n) is 6.48. The molecule has 0 amide bonds. The van der Waals surface area contributed by atoms with E-state index < -0.39 is 0 Å². The fourth-order valence-electron chi connectivity index (χ4n) is 1.88. The molecule has 18 heavy (non-hydrogen) atoms. The van der Waals surface area contributed by atoms with Gasteiger partial charge >= 0.3 is 0 Å². The van der Waals surface area contributed by atoms with Gasteiger partial charge in [0.25, 0.3) is 0 Å². The van der Waals surface area contributed by atoms with Crippen molar-refractivity contribution in [3.8, 4) is 0 Å². The molecule has 4 nitrogen and oxygen atoms in total. The van der Waals surface area contributed by atoms with Gasteiger partial charge in [0.2, 0.25) is 0 Å². The lowest BCUT2D eigenvalue weighted by Crippen LogP contribution is -2.30. The zero-order chi connectivity index (χ0) is 13.1. The Morgan fingerprint density at radius 3 is 2.83 bits per heavy atom. The monoisotopic (exact) mass is 266 g/mol. The highest BCUT2D eigenvalue weighted by Gasteiger charge is 2.27. The Bertz CT molecular complexity index is 406. The van der Waals surface area contributed by atoms with Crippen LogP contribution in [0.5, 0.6) is 0 Å². The van der Waals surface area contributed by atoms with E-state index in [2.05, 4.69) is 35.1 Å². The largest absolute Gasteiger partial charge is 0.384 e. The van der Waals surface area contributed by atoms with Gasteiger partial charge in [0, 0.05) is 25.1 Å². The molecule has 0 spiro atoms. The first-order chi connectivity index (χ1) is 8.61. The number of anilines is 2. The SMILES string of the molecule is CSCCC(C)N(C)c1cc(N)nc(C2CC2)n1. The minimum absolute atomic E-state index is 0.471. The molecule has 2 N–H and O–H groups in total. The molecule has 0 bridgehead atoms. The predicted molar refractivity (Wildman–Crippen MR) is 79.3 cm³/mol. The zero-order valence-electron chi connectivity index (χ0n) is 11.4. The Labute approximate surface area is 113 Å². The molecule has 1 atom stereocenters. The summed E-state index contributed by atoms with van der Waals surface area (Å²) >= 11 is 1.88. The third-order valence-electron chi connectivity index (χ3n) is 3.45. The van der Waals surface area contributed by atoms with Crippen LogP contribution in [0.1, 0.15) is 37.9 Å². The van der Waals surface area contributed by atoms with Gasteiger partial charge in [-0.15, -0.1) is 0 Å². The molecule has 0 radical (unpaired) electrons. The number of nitrogens with two attached hydrogens (primary N) is 1. The van der Waals surface area contributed by atoms with E-state index in [9.17, 15) is 0 Å².